The van der Waals surface area contributed by atoms with E-state index < -0.39 is 0 Å². The van der Waals surface area contributed by atoms with Gasteiger partial charge in [0.05, 0.1) is 11.8 Å². The molecule has 0 atom stereocenters. The zero-order valence-corrected chi connectivity index (χ0v) is 13.6. The number of ether oxygens (including phenoxy) is 1. The summed E-state index contributed by atoms with van der Waals surface area (Å²) in [5, 5.41) is 0. The first-order valence-corrected chi connectivity index (χ1v) is 7.82. The molecule has 0 heterocycles. The quantitative estimate of drug-likeness (QED) is 0.720. The van der Waals surface area contributed by atoms with E-state index in [2.05, 4.69) is 37.8 Å². The highest BCUT2D eigenvalue weighted by molar-refractivity contribution is 5.62. The van der Waals surface area contributed by atoms with E-state index in [1.165, 1.54) is 18.5 Å². The van der Waals surface area contributed by atoms with Crippen molar-refractivity contribution >= 4 is 11.4 Å². The number of hydrogen-bond acceptors (Lipinski definition) is 3. The van der Waals surface area contributed by atoms with E-state index in [0.29, 0.717) is 5.69 Å². The third kappa shape index (κ3) is 4.62. The van der Waals surface area contributed by atoms with Gasteiger partial charge in [0.1, 0.15) is 5.75 Å². The van der Waals surface area contributed by atoms with Crippen molar-refractivity contribution in [1.29, 1.82) is 0 Å². The molecule has 0 bridgehead atoms. The molecular weight excluding hydrogens is 248 g/mol. The lowest BCUT2D eigenvalue weighted by Gasteiger charge is -2.28. The molecule has 0 radical (unpaired) electrons. The summed E-state index contributed by atoms with van der Waals surface area (Å²) in [5.74, 6) is 1.53. The lowest BCUT2D eigenvalue weighted by atomic mass is 10.0. The van der Waals surface area contributed by atoms with Crippen LogP contribution in [0.3, 0.4) is 0 Å². The molecule has 114 valence electrons. The van der Waals surface area contributed by atoms with Gasteiger partial charge in [-0.2, -0.15) is 0 Å². The third-order valence-corrected chi connectivity index (χ3v) is 3.74. The van der Waals surface area contributed by atoms with Gasteiger partial charge in [-0.3, -0.25) is 0 Å². The van der Waals surface area contributed by atoms with Crippen molar-refractivity contribution in [1.82, 2.24) is 0 Å². The van der Waals surface area contributed by atoms with Crippen molar-refractivity contribution in [3.63, 3.8) is 0 Å². The summed E-state index contributed by atoms with van der Waals surface area (Å²) < 4.78 is 5.79. The molecule has 0 amide bonds. The lowest BCUT2D eigenvalue weighted by Crippen LogP contribution is -2.29. The van der Waals surface area contributed by atoms with Crippen LogP contribution in [0.25, 0.3) is 0 Å². The minimum Gasteiger partial charge on any atom is -0.489 e. The Morgan fingerprint density at radius 3 is 2.30 bits per heavy atom. The molecule has 1 aromatic carbocycles. The van der Waals surface area contributed by atoms with Crippen molar-refractivity contribution < 1.29 is 4.74 Å². The molecule has 0 aliphatic rings. The second-order valence-corrected chi connectivity index (χ2v) is 5.61. The smallest absolute Gasteiger partial charge is 0.144 e. The molecule has 0 fully saturated rings. The Bertz CT molecular complexity index is 400. The van der Waals surface area contributed by atoms with Crippen LogP contribution in [0.1, 0.15) is 47.5 Å². The lowest BCUT2D eigenvalue weighted by molar-refractivity contribution is 0.244. The fourth-order valence-electron chi connectivity index (χ4n) is 2.35. The first kappa shape index (κ1) is 16.7. The topological polar surface area (TPSA) is 38.5 Å². The molecular formula is C17H30N2O. The van der Waals surface area contributed by atoms with Gasteiger partial charge in [0.2, 0.25) is 0 Å². The molecule has 0 saturated heterocycles. The van der Waals surface area contributed by atoms with Gasteiger partial charge in [-0.25, -0.2) is 0 Å². The van der Waals surface area contributed by atoms with E-state index in [0.717, 1.165) is 24.8 Å². The molecule has 20 heavy (non-hydrogen) atoms. The van der Waals surface area contributed by atoms with E-state index in [-0.39, 0.29) is 6.10 Å². The molecule has 0 saturated carbocycles. The summed E-state index contributed by atoms with van der Waals surface area (Å²) in [4.78, 5) is 2.41. The molecule has 0 unspecified atom stereocenters. The summed E-state index contributed by atoms with van der Waals surface area (Å²) in [6.45, 7) is 12.9. The molecule has 1 rings (SSSR count). The SMILES string of the molecule is CCC(CC)CN(CC)c1ccc(N)c(OC(C)C)c1. The number of anilines is 2. The number of hydrogen-bond donors (Lipinski definition) is 1. The molecule has 0 spiro atoms. The number of nitrogens with two attached hydrogens (primary N) is 1. The van der Waals surface area contributed by atoms with Gasteiger partial charge in [0.15, 0.2) is 0 Å². The van der Waals surface area contributed by atoms with Crippen molar-refractivity contribution in [2.24, 2.45) is 5.92 Å². The first-order valence-electron chi connectivity index (χ1n) is 7.82. The van der Waals surface area contributed by atoms with Crippen molar-refractivity contribution in [2.75, 3.05) is 23.7 Å². The Kier molecular flexibility index (Phi) is 6.69. The van der Waals surface area contributed by atoms with Crippen molar-refractivity contribution in [3.8, 4) is 5.75 Å². The maximum Gasteiger partial charge on any atom is 0.144 e. The molecule has 0 aromatic heterocycles. The standard InChI is InChI=1S/C17H30N2O/c1-6-14(7-2)12-19(8-3)15-9-10-16(18)17(11-15)20-13(4)5/h9-11,13-14H,6-8,12,18H2,1-5H3. The predicted octanol–water partition coefficient (Wildman–Crippen LogP) is 4.32. The summed E-state index contributed by atoms with van der Waals surface area (Å²) in [5.41, 5.74) is 7.90. The monoisotopic (exact) mass is 278 g/mol. The minimum absolute atomic E-state index is 0.140. The fourth-order valence-corrected chi connectivity index (χ4v) is 2.35. The molecule has 1 aromatic rings. The van der Waals surface area contributed by atoms with Crippen LogP contribution in [0.2, 0.25) is 0 Å². The van der Waals surface area contributed by atoms with Gasteiger partial charge in [0, 0.05) is 24.8 Å². The van der Waals surface area contributed by atoms with E-state index in [4.69, 9.17) is 10.5 Å². The number of benzene rings is 1. The second kappa shape index (κ2) is 8.03. The maximum absolute atomic E-state index is 5.99. The van der Waals surface area contributed by atoms with E-state index in [9.17, 15) is 0 Å². The molecule has 0 aliphatic carbocycles. The first-order chi connectivity index (χ1) is 9.51. The molecule has 3 nitrogen and oxygen atoms in total. The van der Waals surface area contributed by atoms with Crippen LogP contribution in [-0.2, 0) is 0 Å². The van der Waals surface area contributed by atoms with Crippen LogP contribution in [0.4, 0.5) is 11.4 Å². The summed E-state index contributed by atoms with van der Waals surface area (Å²) in [6, 6.07) is 6.11. The average molecular weight is 278 g/mol. The average Bonchev–Trinajstić information content (AvgIpc) is 2.42. The Morgan fingerprint density at radius 1 is 1.15 bits per heavy atom. The second-order valence-electron chi connectivity index (χ2n) is 5.61. The summed E-state index contributed by atoms with van der Waals surface area (Å²) in [6.07, 6.45) is 2.58. The Balaban J connectivity index is 2.92. The summed E-state index contributed by atoms with van der Waals surface area (Å²) in [7, 11) is 0. The molecule has 3 heteroatoms. The highest BCUT2D eigenvalue weighted by atomic mass is 16.5. The zero-order valence-electron chi connectivity index (χ0n) is 13.6. The van der Waals surface area contributed by atoms with E-state index in [1.807, 2.05) is 19.9 Å². The van der Waals surface area contributed by atoms with Gasteiger partial charge in [-0.1, -0.05) is 26.7 Å². The van der Waals surface area contributed by atoms with Crippen molar-refractivity contribution in [2.45, 2.75) is 53.6 Å². The van der Waals surface area contributed by atoms with Crippen LogP contribution in [0, 0.1) is 5.92 Å². The van der Waals surface area contributed by atoms with Crippen LogP contribution < -0.4 is 15.4 Å². The number of nitrogen functional groups attached to an aromatic ring is 1. The van der Waals surface area contributed by atoms with Gasteiger partial charge in [-0.05, 0) is 38.8 Å². The van der Waals surface area contributed by atoms with Gasteiger partial charge in [-0.15, -0.1) is 0 Å². The predicted molar refractivity (Wildman–Crippen MR) is 88.6 cm³/mol. The maximum atomic E-state index is 5.99. The van der Waals surface area contributed by atoms with Gasteiger partial charge in [0.25, 0.3) is 0 Å². The van der Waals surface area contributed by atoms with Crippen LogP contribution >= 0.6 is 0 Å². The largest absolute Gasteiger partial charge is 0.489 e. The van der Waals surface area contributed by atoms with Crippen LogP contribution in [0.5, 0.6) is 5.75 Å². The zero-order chi connectivity index (χ0) is 15.1. The van der Waals surface area contributed by atoms with Crippen LogP contribution in [0.15, 0.2) is 18.2 Å². The number of nitrogens with zero attached hydrogens (tertiary/aromatic N) is 1. The Hall–Kier alpha value is -1.38. The Labute approximate surface area is 124 Å². The number of rotatable bonds is 8. The van der Waals surface area contributed by atoms with E-state index >= 15 is 0 Å². The molecule has 0 aliphatic heterocycles. The highest BCUT2D eigenvalue weighted by Crippen LogP contribution is 2.29. The minimum atomic E-state index is 0.140. The normalized spacial score (nSPS) is 11.2. The fraction of sp³-hybridized carbons (Fsp3) is 0.647. The highest BCUT2D eigenvalue weighted by Gasteiger charge is 2.13. The van der Waals surface area contributed by atoms with E-state index in [1.54, 1.807) is 0 Å². The van der Waals surface area contributed by atoms with Crippen LogP contribution in [-0.4, -0.2) is 19.2 Å². The van der Waals surface area contributed by atoms with Gasteiger partial charge >= 0.3 is 0 Å². The summed E-state index contributed by atoms with van der Waals surface area (Å²) >= 11 is 0. The Morgan fingerprint density at radius 2 is 1.80 bits per heavy atom. The van der Waals surface area contributed by atoms with Crippen molar-refractivity contribution in [3.05, 3.63) is 18.2 Å². The molecule has 2 N–H and O–H groups in total. The third-order valence-electron chi connectivity index (χ3n) is 3.74. The van der Waals surface area contributed by atoms with Gasteiger partial charge < -0.3 is 15.4 Å².